The summed E-state index contributed by atoms with van der Waals surface area (Å²) in [5.41, 5.74) is 0. The molecule has 23 heavy (non-hydrogen) atoms. The van der Waals surface area contributed by atoms with E-state index in [4.69, 9.17) is 9.47 Å². The SMILES string of the molecule is CC1CCC(C(=O)OC2CC3CCC(C)OC3C(F)C2F)CC1. The zero-order chi connectivity index (χ0) is 16.6. The number of carbonyl (C=O) groups excluding carboxylic acids is 1. The molecule has 1 heterocycles. The highest BCUT2D eigenvalue weighted by Gasteiger charge is 2.50. The van der Waals surface area contributed by atoms with E-state index in [1.807, 2.05) is 6.92 Å². The summed E-state index contributed by atoms with van der Waals surface area (Å²) in [5.74, 6) is 0.120. The minimum atomic E-state index is -1.77. The van der Waals surface area contributed by atoms with E-state index in [2.05, 4.69) is 6.92 Å². The summed E-state index contributed by atoms with van der Waals surface area (Å²) in [6.45, 7) is 4.07. The van der Waals surface area contributed by atoms with Crippen LogP contribution >= 0.6 is 0 Å². The fourth-order valence-electron chi connectivity index (χ4n) is 4.32. The van der Waals surface area contributed by atoms with Gasteiger partial charge in [0.05, 0.1) is 18.1 Å². The van der Waals surface area contributed by atoms with Crippen molar-refractivity contribution in [2.45, 2.75) is 89.4 Å². The van der Waals surface area contributed by atoms with Crippen LogP contribution in [0.25, 0.3) is 0 Å². The lowest BCUT2D eigenvalue weighted by molar-refractivity contribution is -0.190. The first kappa shape index (κ1) is 17.1. The van der Waals surface area contributed by atoms with Crippen molar-refractivity contribution in [1.82, 2.24) is 0 Å². The molecule has 5 heteroatoms. The van der Waals surface area contributed by atoms with Gasteiger partial charge in [-0.05, 0) is 63.7 Å². The first-order valence-corrected chi connectivity index (χ1v) is 9.09. The van der Waals surface area contributed by atoms with Crippen molar-refractivity contribution < 1.29 is 23.0 Å². The highest BCUT2D eigenvalue weighted by atomic mass is 19.2. The Balaban J connectivity index is 1.58. The molecule has 0 bridgehead atoms. The Labute approximate surface area is 137 Å². The van der Waals surface area contributed by atoms with E-state index in [1.54, 1.807) is 0 Å². The van der Waals surface area contributed by atoms with Gasteiger partial charge in [0.1, 0.15) is 6.10 Å². The van der Waals surface area contributed by atoms with Gasteiger partial charge in [0, 0.05) is 0 Å². The van der Waals surface area contributed by atoms with Gasteiger partial charge in [0.2, 0.25) is 0 Å². The molecule has 2 saturated carbocycles. The number of hydrogen-bond donors (Lipinski definition) is 0. The highest BCUT2D eigenvalue weighted by Crippen LogP contribution is 2.40. The van der Waals surface area contributed by atoms with Gasteiger partial charge in [-0.25, -0.2) is 8.78 Å². The van der Waals surface area contributed by atoms with Crippen LogP contribution in [0.1, 0.15) is 58.8 Å². The van der Waals surface area contributed by atoms with E-state index in [1.165, 1.54) is 0 Å². The summed E-state index contributed by atoms with van der Waals surface area (Å²) in [6, 6.07) is 0. The maximum Gasteiger partial charge on any atom is 0.309 e. The third-order valence-corrected chi connectivity index (χ3v) is 5.92. The van der Waals surface area contributed by atoms with Gasteiger partial charge in [0.25, 0.3) is 0 Å². The first-order valence-electron chi connectivity index (χ1n) is 9.09. The smallest absolute Gasteiger partial charge is 0.309 e. The third-order valence-electron chi connectivity index (χ3n) is 5.92. The number of esters is 1. The number of hydrogen-bond acceptors (Lipinski definition) is 3. The molecule has 3 aliphatic rings. The summed E-state index contributed by atoms with van der Waals surface area (Å²) in [7, 11) is 0. The molecule has 0 aromatic heterocycles. The fraction of sp³-hybridized carbons (Fsp3) is 0.944. The largest absolute Gasteiger partial charge is 0.459 e. The van der Waals surface area contributed by atoms with Crippen molar-refractivity contribution in [1.29, 1.82) is 0 Å². The number of ether oxygens (including phenoxy) is 2. The van der Waals surface area contributed by atoms with E-state index < -0.39 is 24.6 Å². The molecule has 6 atom stereocenters. The predicted molar refractivity (Wildman–Crippen MR) is 82.5 cm³/mol. The van der Waals surface area contributed by atoms with E-state index >= 15 is 0 Å². The Bertz CT molecular complexity index is 420. The average Bonchev–Trinajstić information content (AvgIpc) is 2.53. The van der Waals surface area contributed by atoms with Gasteiger partial charge < -0.3 is 9.47 Å². The van der Waals surface area contributed by atoms with Gasteiger partial charge in [-0.1, -0.05) is 6.92 Å². The summed E-state index contributed by atoms with van der Waals surface area (Å²) >= 11 is 0. The molecule has 1 saturated heterocycles. The van der Waals surface area contributed by atoms with Crippen LogP contribution in [0.5, 0.6) is 0 Å². The van der Waals surface area contributed by atoms with Crippen LogP contribution in [0.2, 0.25) is 0 Å². The molecule has 1 aliphatic heterocycles. The second kappa shape index (κ2) is 7.04. The lowest BCUT2D eigenvalue weighted by Gasteiger charge is -2.44. The molecule has 132 valence electrons. The lowest BCUT2D eigenvalue weighted by atomic mass is 9.77. The molecule has 0 aromatic rings. The molecule has 0 aromatic carbocycles. The normalized spacial score (nSPS) is 47.7. The van der Waals surface area contributed by atoms with Gasteiger partial charge in [0.15, 0.2) is 12.3 Å². The molecule has 0 spiro atoms. The zero-order valence-corrected chi connectivity index (χ0v) is 14.0. The number of rotatable bonds is 2. The van der Waals surface area contributed by atoms with Gasteiger partial charge in [-0.2, -0.15) is 0 Å². The molecule has 3 fully saturated rings. The second-order valence-electron chi connectivity index (χ2n) is 7.81. The van der Waals surface area contributed by atoms with Crippen LogP contribution in [0.15, 0.2) is 0 Å². The third kappa shape index (κ3) is 3.70. The Morgan fingerprint density at radius 2 is 1.70 bits per heavy atom. The average molecular weight is 330 g/mol. The first-order chi connectivity index (χ1) is 11.0. The van der Waals surface area contributed by atoms with Gasteiger partial charge in [-0.3, -0.25) is 4.79 Å². The van der Waals surface area contributed by atoms with E-state index in [-0.39, 0.29) is 23.9 Å². The molecule has 6 unspecified atom stereocenters. The minimum absolute atomic E-state index is 0.0231. The Hall–Kier alpha value is -0.710. The number of fused-ring (bicyclic) bond motifs is 1. The van der Waals surface area contributed by atoms with Crippen LogP contribution in [-0.4, -0.2) is 36.6 Å². The van der Waals surface area contributed by atoms with Gasteiger partial charge >= 0.3 is 5.97 Å². The lowest BCUT2D eigenvalue weighted by Crippen LogP contribution is -2.54. The Morgan fingerprint density at radius 3 is 2.39 bits per heavy atom. The molecule has 3 nitrogen and oxygen atoms in total. The second-order valence-corrected chi connectivity index (χ2v) is 7.81. The Morgan fingerprint density at radius 1 is 1.00 bits per heavy atom. The summed E-state index contributed by atoms with van der Waals surface area (Å²) in [5, 5.41) is 0. The summed E-state index contributed by atoms with van der Waals surface area (Å²) in [4.78, 5) is 12.3. The molecule has 0 amide bonds. The van der Waals surface area contributed by atoms with Crippen molar-refractivity contribution in [3.63, 3.8) is 0 Å². The standard InChI is InChI=1S/C18H28F2O3/c1-10-3-6-12(7-4-10)18(21)23-14-9-13-8-5-11(2)22-17(13)16(20)15(14)19/h10-17H,3-9H2,1-2H3. The molecular weight excluding hydrogens is 302 g/mol. The quantitative estimate of drug-likeness (QED) is 0.718. The van der Waals surface area contributed by atoms with E-state index in [9.17, 15) is 13.6 Å². The fourth-order valence-corrected chi connectivity index (χ4v) is 4.32. The summed E-state index contributed by atoms with van der Waals surface area (Å²) < 4.78 is 39.8. The van der Waals surface area contributed by atoms with Crippen LogP contribution in [0, 0.1) is 17.8 Å². The number of carbonyl (C=O) groups is 1. The minimum Gasteiger partial charge on any atom is -0.459 e. The van der Waals surface area contributed by atoms with Crippen molar-refractivity contribution in [3.05, 3.63) is 0 Å². The van der Waals surface area contributed by atoms with Crippen LogP contribution in [0.4, 0.5) is 8.78 Å². The van der Waals surface area contributed by atoms with Crippen molar-refractivity contribution in [3.8, 4) is 0 Å². The van der Waals surface area contributed by atoms with Crippen LogP contribution < -0.4 is 0 Å². The topological polar surface area (TPSA) is 35.5 Å². The maximum absolute atomic E-state index is 14.4. The van der Waals surface area contributed by atoms with E-state index in [0.717, 1.165) is 38.5 Å². The molecule has 0 N–H and O–H groups in total. The van der Waals surface area contributed by atoms with Crippen molar-refractivity contribution in [2.75, 3.05) is 0 Å². The maximum atomic E-state index is 14.4. The molecule has 0 radical (unpaired) electrons. The van der Waals surface area contributed by atoms with E-state index in [0.29, 0.717) is 12.3 Å². The van der Waals surface area contributed by atoms with Crippen LogP contribution in [0.3, 0.4) is 0 Å². The molecular formula is C18H28F2O3. The molecule has 3 rings (SSSR count). The van der Waals surface area contributed by atoms with Gasteiger partial charge in [-0.15, -0.1) is 0 Å². The number of alkyl halides is 2. The van der Waals surface area contributed by atoms with Crippen molar-refractivity contribution >= 4 is 5.97 Å². The van der Waals surface area contributed by atoms with Crippen LogP contribution in [-0.2, 0) is 14.3 Å². The zero-order valence-electron chi connectivity index (χ0n) is 14.0. The Kier molecular flexibility index (Phi) is 5.24. The molecule has 2 aliphatic carbocycles. The predicted octanol–water partition coefficient (Wildman–Crippen LogP) is 3.99. The highest BCUT2D eigenvalue weighted by molar-refractivity contribution is 5.72. The number of halogens is 2. The monoisotopic (exact) mass is 330 g/mol. The van der Waals surface area contributed by atoms with Crippen molar-refractivity contribution in [2.24, 2.45) is 17.8 Å². The summed E-state index contributed by atoms with van der Waals surface area (Å²) in [6.07, 6.45) is 0.545.